The number of carboxylic acids is 1. The van der Waals surface area contributed by atoms with Crippen LogP contribution in [0.5, 0.6) is 0 Å². The van der Waals surface area contributed by atoms with Gasteiger partial charge in [0, 0.05) is 67.8 Å². The van der Waals surface area contributed by atoms with Crippen molar-refractivity contribution in [3.63, 3.8) is 0 Å². The summed E-state index contributed by atoms with van der Waals surface area (Å²) in [4.78, 5) is 173. The third kappa shape index (κ3) is 23.4. The molecule has 11 amide bonds. The highest BCUT2D eigenvalue weighted by atomic mass is 32.2. The molecular formula is C70H110N16O14S2. The Bertz CT molecular complexity index is 3090. The molecular weight excluding hydrogens is 1350 g/mol. The van der Waals surface area contributed by atoms with Crippen molar-refractivity contribution in [2.75, 3.05) is 57.4 Å². The third-order valence-electron chi connectivity index (χ3n) is 21.9. The number of carboxylic acid groups (broad SMARTS) is 1. The van der Waals surface area contributed by atoms with Crippen molar-refractivity contribution in [3.8, 4) is 0 Å². The van der Waals surface area contributed by atoms with Crippen LogP contribution in [0.25, 0.3) is 0 Å². The van der Waals surface area contributed by atoms with E-state index in [9.17, 15) is 48.6 Å². The van der Waals surface area contributed by atoms with Crippen molar-refractivity contribution in [1.29, 1.82) is 0 Å². The van der Waals surface area contributed by atoms with E-state index in [0.717, 1.165) is 62.5 Å². The standard InChI is InChI=1S/C70H110N16O14S2/c1-39(87)78-58-37-102-35-42-11-8-10-41(24-42)34-101-36-57(62(72)92)85-69(99)59-17-9-23-86(59)70(100)56(25-40-18-20-46(88)21-19-40)84-66(96)54(28-45-32-73-38-77-45)82-67(97)55(29-61(90)91)83-65(95)53(27-44-31-75-50-15-5-3-13-48(44)50)81-64(94)52(26-43-30-74-49-14-4-2-12-47(43)49)79-60(89)33-76-63(93)51(80-68(58)98)16-6-7-22-71/h8,10-11,24,40,43-59,73-75,77,88H,2-7,9,12-23,25-38,71H2,1H3,(H2,72,92)(H,76,93)(H,78,87)(H,79,89)(H,80,98)(H,81,94)(H,82,97)(H,83,95)(H,84,96)(H,85,99)(H,90,91)/t40?,43?,44?,45?,46?,47?,48?,49?,50?,51-,52-,53-,54-,55-,56-,57-,58-,59-/m0/s1. The van der Waals surface area contributed by atoms with Gasteiger partial charge in [0.25, 0.3) is 0 Å². The zero-order valence-corrected chi connectivity index (χ0v) is 60.4. The number of thioether (sulfide) groups is 2. The van der Waals surface area contributed by atoms with Crippen molar-refractivity contribution in [2.24, 2.45) is 41.1 Å². The summed E-state index contributed by atoms with van der Waals surface area (Å²) in [6.45, 7) is 2.90. The number of nitrogens with one attached hydrogen (secondary N) is 13. The first-order chi connectivity index (χ1) is 49.1. The topological polar surface area (TPSA) is 457 Å². The van der Waals surface area contributed by atoms with Gasteiger partial charge in [0.2, 0.25) is 65.0 Å². The van der Waals surface area contributed by atoms with E-state index < -0.39 is 150 Å². The molecule has 7 fully saturated rings. The van der Waals surface area contributed by atoms with Gasteiger partial charge >= 0.3 is 5.97 Å². The molecule has 8 aliphatic rings. The number of benzene rings is 1. The van der Waals surface area contributed by atoms with Gasteiger partial charge in [0.05, 0.1) is 19.1 Å². The number of hydrogen-bond acceptors (Lipinski definition) is 20. The molecule has 3 aliphatic carbocycles. The maximum atomic E-state index is 15.3. The highest BCUT2D eigenvalue weighted by molar-refractivity contribution is 7.98. The van der Waals surface area contributed by atoms with Crippen LogP contribution < -0.4 is 80.6 Å². The molecule has 7 unspecified atom stereocenters. The van der Waals surface area contributed by atoms with Crippen LogP contribution in [0.3, 0.4) is 0 Å². The summed E-state index contributed by atoms with van der Waals surface area (Å²) in [7, 11) is 0. The summed E-state index contributed by atoms with van der Waals surface area (Å²) >= 11 is 2.71. The van der Waals surface area contributed by atoms with Gasteiger partial charge in [-0.25, -0.2) is 0 Å². The maximum absolute atomic E-state index is 15.3. The number of nitrogens with two attached hydrogens (primary N) is 2. The lowest BCUT2D eigenvalue weighted by Gasteiger charge is -2.34. The highest BCUT2D eigenvalue weighted by Gasteiger charge is 2.45. The average Bonchev–Trinajstić information content (AvgIpc) is 1.64. The van der Waals surface area contributed by atoms with Crippen molar-refractivity contribution in [3.05, 3.63) is 35.4 Å². The summed E-state index contributed by atoms with van der Waals surface area (Å²) in [6, 6.07) is -4.06. The molecule has 30 nitrogen and oxygen atoms in total. The number of primary amides is 1. The van der Waals surface area contributed by atoms with E-state index in [1.807, 2.05) is 24.3 Å². The predicted molar refractivity (Wildman–Crippen MR) is 383 cm³/mol. The number of aliphatic hydroxyl groups excluding tert-OH is 1. The number of hydrogen-bond donors (Lipinski definition) is 17. The van der Waals surface area contributed by atoms with Gasteiger partial charge in [0.1, 0.15) is 54.4 Å². The second kappa shape index (κ2) is 39.4. The number of unbranched alkanes of at least 4 members (excludes halogenated alkanes) is 1. The molecule has 5 heterocycles. The monoisotopic (exact) mass is 1460 g/mol. The number of rotatable bonds is 16. The average molecular weight is 1460 g/mol. The first kappa shape index (κ1) is 79.4. The van der Waals surface area contributed by atoms with Crippen molar-refractivity contribution < 1.29 is 67.7 Å². The Hall–Kier alpha value is -6.68. The Morgan fingerprint density at radius 2 is 1.18 bits per heavy atom. The van der Waals surface area contributed by atoms with E-state index in [1.54, 1.807) is 0 Å². The van der Waals surface area contributed by atoms with Crippen LogP contribution in [0, 0.1) is 29.6 Å². The fourth-order valence-corrected chi connectivity index (χ4v) is 18.5. The first-order valence-electron chi connectivity index (χ1n) is 37.1. The minimum Gasteiger partial charge on any atom is -0.481 e. The minimum atomic E-state index is -1.82. The number of fused-ring (bicyclic) bond motifs is 5. The van der Waals surface area contributed by atoms with Gasteiger partial charge in [-0.05, 0) is 170 Å². The van der Waals surface area contributed by atoms with Crippen LogP contribution >= 0.6 is 23.5 Å². The van der Waals surface area contributed by atoms with Crippen LogP contribution in [-0.4, -0.2) is 222 Å². The Labute approximate surface area is 605 Å². The van der Waals surface area contributed by atoms with Crippen molar-refractivity contribution in [1.82, 2.24) is 74.0 Å². The van der Waals surface area contributed by atoms with Gasteiger partial charge in [0.15, 0.2) is 0 Å². The fraction of sp³-hybridized carbons (Fsp3) is 0.743. The van der Waals surface area contributed by atoms with Gasteiger partial charge < -0.3 is 95.7 Å². The molecule has 3 saturated carbocycles. The van der Waals surface area contributed by atoms with Crippen LogP contribution in [0.2, 0.25) is 0 Å². The molecule has 5 aliphatic heterocycles. The fourth-order valence-electron chi connectivity index (χ4n) is 16.4. The zero-order chi connectivity index (χ0) is 72.8. The van der Waals surface area contributed by atoms with E-state index in [0.29, 0.717) is 89.3 Å². The van der Waals surface area contributed by atoms with Gasteiger partial charge in [-0.15, -0.1) is 0 Å². The van der Waals surface area contributed by atoms with E-state index in [-0.39, 0.29) is 98.2 Å². The maximum Gasteiger partial charge on any atom is 0.305 e. The Balaban J connectivity index is 1.03. The summed E-state index contributed by atoms with van der Waals surface area (Å²) < 4.78 is 0. The molecule has 1 aromatic carbocycles. The molecule has 0 aromatic heterocycles. The molecule has 0 spiro atoms. The smallest absolute Gasteiger partial charge is 0.305 e. The van der Waals surface area contributed by atoms with E-state index in [1.165, 1.54) is 35.3 Å². The number of aliphatic carboxylic acids is 1. The molecule has 19 N–H and O–H groups in total. The molecule has 16 atom stereocenters. The van der Waals surface area contributed by atoms with E-state index in [4.69, 9.17) is 11.5 Å². The number of carbonyl (C=O) groups is 12. The SMILES string of the molecule is CC(=O)N[C@H]1CSCc2cccc(c2)CSC[C@@H](C(N)=O)NC(=O)[C@@H]2CCCN2C(=O)[C@H](CC2CCC(O)CC2)NC(=O)[C@H](CC2CNCN2)NC(=O)[C@H](CC(=O)O)NC(=O)[C@H](CC2CNC3CCCCC23)NC(=O)[C@H](CC2CNC3CCCCC23)NC(=O)CNC(=O)[C@H](CCCCN)NC1=O. The zero-order valence-electron chi connectivity index (χ0n) is 58.7. The molecule has 2 bridgehead atoms. The lowest BCUT2D eigenvalue weighted by atomic mass is 9.77. The largest absolute Gasteiger partial charge is 0.481 e. The van der Waals surface area contributed by atoms with Crippen LogP contribution in [0.15, 0.2) is 24.3 Å². The quantitative estimate of drug-likeness (QED) is 0.0833. The molecule has 4 saturated heterocycles. The van der Waals surface area contributed by atoms with Crippen molar-refractivity contribution in [2.45, 2.75) is 238 Å². The van der Waals surface area contributed by atoms with Gasteiger partial charge in [-0.2, -0.15) is 23.5 Å². The molecule has 102 heavy (non-hydrogen) atoms. The van der Waals surface area contributed by atoms with Gasteiger partial charge in [-0.1, -0.05) is 49.9 Å². The Morgan fingerprint density at radius 1 is 0.598 bits per heavy atom. The number of nitrogens with zero attached hydrogens (tertiary/aromatic N) is 1. The van der Waals surface area contributed by atoms with Crippen LogP contribution in [-0.2, 0) is 69.0 Å². The number of carbonyl (C=O) groups excluding carboxylic acids is 11. The van der Waals surface area contributed by atoms with Crippen molar-refractivity contribution >= 4 is 94.5 Å². The number of amides is 11. The minimum absolute atomic E-state index is 0.0578. The normalized spacial score (nSPS) is 33.6. The molecule has 566 valence electrons. The highest BCUT2D eigenvalue weighted by Crippen LogP contribution is 2.39. The lowest BCUT2D eigenvalue weighted by molar-refractivity contribution is -0.143. The lowest BCUT2D eigenvalue weighted by Crippen LogP contribution is -2.61. The predicted octanol–water partition coefficient (Wildman–Crippen LogP) is -1.55. The summed E-state index contributed by atoms with van der Waals surface area (Å²) in [6.07, 6.45) is 10.1. The number of aliphatic hydroxyl groups is 1. The van der Waals surface area contributed by atoms with E-state index >= 15 is 19.2 Å². The summed E-state index contributed by atoms with van der Waals surface area (Å²) in [5.41, 5.74) is 13.5. The van der Waals surface area contributed by atoms with E-state index in [2.05, 4.69) is 69.1 Å². The second-order valence-corrected chi connectivity index (χ2v) is 31.4. The van der Waals surface area contributed by atoms with Crippen LogP contribution in [0.4, 0.5) is 0 Å². The molecule has 1 aromatic rings. The molecule has 32 heteroatoms. The Morgan fingerprint density at radius 3 is 1.77 bits per heavy atom. The third-order valence-corrected chi connectivity index (χ3v) is 24.1. The molecule has 0 radical (unpaired) electrons. The second-order valence-electron chi connectivity index (χ2n) is 29.4. The first-order valence-corrected chi connectivity index (χ1v) is 39.4. The summed E-state index contributed by atoms with van der Waals surface area (Å²) in [5, 5.41) is 59.7. The Kier molecular flexibility index (Phi) is 30.7. The summed E-state index contributed by atoms with van der Waals surface area (Å²) in [5.74, 6) is -8.58. The van der Waals surface area contributed by atoms with Gasteiger partial charge in [-0.3, -0.25) is 57.5 Å². The van der Waals surface area contributed by atoms with Crippen LogP contribution in [0.1, 0.15) is 159 Å². The molecule has 9 rings (SSSR count).